The summed E-state index contributed by atoms with van der Waals surface area (Å²) in [5.41, 5.74) is 4.67. The maximum atomic E-state index is 12.8. The van der Waals surface area contributed by atoms with Gasteiger partial charge in [-0.1, -0.05) is 34.1 Å². The number of para-hydroxylation sites is 1. The highest BCUT2D eigenvalue weighted by Gasteiger charge is 2.28. The molecule has 2 aromatic carbocycles. The van der Waals surface area contributed by atoms with Gasteiger partial charge in [-0.3, -0.25) is 9.59 Å². The van der Waals surface area contributed by atoms with E-state index in [1.54, 1.807) is 4.90 Å². The Morgan fingerprint density at radius 1 is 1.25 bits per heavy atom. The minimum absolute atomic E-state index is 0.0312. The molecule has 5 heteroatoms. The lowest BCUT2D eigenvalue weighted by Crippen LogP contribution is -2.35. The zero-order valence-corrected chi connectivity index (χ0v) is 14.7. The number of Topliss-reactive ketones (excluding diaryl/α,β-unsaturated/α-hetero) is 1. The van der Waals surface area contributed by atoms with Crippen LogP contribution in [-0.4, -0.2) is 23.2 Å². The summed E-state index contributed by atoms with van der Waals surface area (Å²) < 4.78 is 0.974. The van der Waals surface area contributed by atoms with Crippen molar-refractivity contribution in [1.29, 1.82) is 0 Å². The molecule has 1 amide bonds. The van der Waals surface area contributed by atoms with Crippen molar-refractivity contribution in [3.63, 3.8) is 0 Å². The minimum Gasteiger partial charge on any atom is -0.354 e. The number of ketones is 1. The fourth-order valence-electron chi connectivity index (χ4n) is 3.33. The normalized spacial score (nSPS) is 13.6. The molecule has 24 heavy (non-hydrogen) atoms. The lowest BCUT2D eigenvalue weighted by Gasteiger charge is -2.21. The third-order valence-corrected chi connectivity index (χ3v) is 4.84. The number of nitrogens with zero attached hydrogens (tertiary/aromatic N) is 1. The van der Waals surface area contributed by atoms with E-state index in [4.69, 9.17) is 0 Å². The lowest BCUT2D eigenvalue weighted by molar-refractivity contribution is -0.121. The van der Waals surface area contributed by atoms with E-state index >= 15 is 0 Å². The first-order chi connectivity index (χ1) is 11.5. The predicted octanol–water partition coefficient (Wildman–Crippen LogP) is 4.08. The standard InChI is InChI=1S/C19H15BrN2O2/c1-11(23)10-22-17-5-3-2-4-13(17)19-15(9-18(22)24)14-8-12(20)6-7-16(14)21-19/h2-8,21H,9-10H2,1H3. The van der Waals surface area contributed by atoms with Crippen molar-refractivity contribution in [2.24, 2.45) is 0 Å². The Balaban J connectivity index is 2.00. The van der Waals surface area contributed by atoms with Crippen LogP contribution in [0, 0.1) is 0 Å². The van der Waals surface area contributed by atoms with Crippen molar-refractivity contribution in [1.82, 2.24) is 4.98 Å². The average molecular weight is 383 g/mol. The molecule has 1 aromatic heterocycles. The van der Waals surface area contributed by atoms with E-state index in [0.717, 1.165) is 37.9 Å². The quantitative estimate of drug-likeness (QED) is 0.725. The maximum absolute atomic E-state index is 12.8. The van der Waals surface area contributed by atoms with Crippen LogP contribution in [0.15, 0.2) is 46.9 Å². The lowest BCUT2D eigenvalue weighted by atomic mass is 10.0. The number of hydrogen-bond donors (Lipinski definition) is 1. The van der Waals surface area contributed by atoms with Gasteiger partial charge in [0.05, 0.1) is 24.3 Å². The van der Waals surface area contributed by atoms with Gasteiger partial charge in [-0.15, -0.1) is 0 Å². The van der Waals surface area contributed by atoms with Gasteiger partial charge in [0, 0.05) is 20.9 Å². The van der Waals surface area contributed by atoms with Crippen molar-refractivity contribution >= 4 is 44.2 Å². The first kappa shape index (κ1) is 15.1. The number of benzene rings is 2. The van der Waals surface area contributed by atoms with E-state index < -0.39 is 0 Å². The van der Waals surface area contributed by atoms with Crippen LogP contribution in [-0.2, 0) is 16.0 Å². The first-order valence-electron chi connectivity index (χ1n) is 7.74. The zero-order chi connectivity index (χ0) is 16.8. The Labute approximate surface area is 147 Å². The van der Waals surface area contributed by atoms with E-state index in [-0.39, 0.29) is 24.7 Å². The number of hydrogen-bond acceptors (Lipinski definition) is 2. The summed E-state index contributed by atoms with van der Waals surface area (Å²) in [6, 6.07) is 13.7. The molecule has 0 unspecified atom stereocenters. The Hall–Kier alpha value is -2.40. The number of H-pyrrole nitrogens is 1. The molecule has 0 radical (unpaired) electrons. The van der Waals surface area contributed by atoms with E-state index in [2.05, 4.69) is 20.9 Å². The summed E-state index contributed by atoms with van der Waals surface area (Å²) >= 11 is 3.50. The topological polar surface area (TPSA) is 53.2 Å². The molecule has 120 valence electrons. The summed E-state index contributed by atoms with van der Waals surface area (Å²) in [5, 5.41) is 1.03. The zero-order valence-electron chi connectivity index (χ0n) is 13.1. The molecule has 1 N–H and O–H groups in total. The molecular weight excluding hydrogens is 368 g/mol. The van der Waals surface area contributed by atoms with E-state index in [1.807, 2.05) is 42.5 Å². The highest BCUT2D eigenvalue weighted by molar-refractivity contribution is 9.10. The van der Waals surface area contributed by atoms with Crippen molar-refractivity contribution in [2.45, 2.75) is 13.3 Å². The number of rotatable bonds is 2. The average Bonchev–Trinajstić information content (AvgIpc) is 2.85. The van der Waals surface area contributed by atoms with E-state index in [9.17, 15) is 9.59 Å². The van der Waals surface area contributed by atoms with Gasteiger partial charge in [0.2, 0.25) is 5.91 Å². The summed E-state index contributed by atoms with van der Waals surface area (Å²) in [6.45, 7) is 1.61. The molecule has 1 aliphatic heterocycles. The molecule has 0 aliphatic carbocycles. The van der Waals surface area contributed by atoms with Crippen LogP contribution in [0.1, 0.15) is 12.5 Å². The molecule has 2 heterocycles. The highest BCUT2D eigenvalue weighted by Crippen LogP contribution is 2.40. The Kier molecular flexibility index (Phi) is 3.53. The van der Waals surface area contributed by atoms with Gasteiger partial charge >= 0.3 is 0 Å². The number of aromatic nitrogens is 1. The molecule has 3 aromatic rings. The fraction of sp³-hybridized carbons (Fsp3) is 0.158. The summed E-state index contributed by atoms with van der Waals surface area (Å²) in [6.07, 6.45) is 0.272. The number of amides is 1. The molecule has 4 nitrogen and oxygen atoms in total. The van der Waals surface area contributed by atoms with Crippen LogP contribution < -0.4 is 4.90 Å². The maximum Gasteiger partial charge on any atom is 0.231 e. The minimum atomic E-state index is -0.0581. The number of anilines is 1. The number of nitrogens with one attached hydrogen (secondary N) is 1. The van der Waals surface area contributed by atoms with Gasteiger partial charge in [-0.25, -0.2) is 0 Å². The SMILES string of the molecule is CC(=O)CN1C(=O)Cc2c([nH]c3ccc(Br)cc23)-c2ccccc21. The van der Waals surface area contributed by atoms with Crippen LogP contribution in [0.4, 0.5) is 5.69 Å². The monoisotopic (exact) mass is 382 g/mol. The third-order valence-electron chi connectivity index (χ3n) is 4.34. The van der Waals surface area contributed by atoms with Gasteiger partial charge in [0.15, 0.2) is 0 Å². The summed E-state index contributed by atoms with van der Waals surface area (Å²) in [5.74, 6) is -0.0893. The molecule has 4 rings (SSSR count). The number of aromatic amines is 1. The molecule has 1 aliphatic rings. The molecule has 0 bridgehead atoms. The second-order valence-corrected chi connectivity index (χ2v) is 6.96. The van der Waals surface area contributed by atoms with Crippen molar-refractivity contribution in [3.8, 4) is 11.3 Å². The van der Waals surface area contributed by atoms with Crippen molar-refractivity contribution < 1.29 is 9.59 Å². The predicted molar refractivity (Wildman–Crippen MR) is 98.2 cm³/mol. The Morgan fingerprint density at radius 3 is 2.83 bits per heavy atom. The second kappa shape index (κ2) is 5.60. The number of halogens is 1. The molecule has 0 fully saturated rings. The van der Waals surface area contributed by atoms with Crippen LogP contribution in [0.25, 0.3) is 22.2 Å². The van der Waals surface area contributed by atoms with Crippen LogP contribution in [0.5, 0.6) is 0 Å². The number of carbonyl (C=O) groups excluding carboxylic acids is 2. The van der Waals surface area contributed by atoms with Gasteiger partial charge in [0.1, 0.15) is 5.78 Å². The Bertz CT molecular complexity index is 990. The molecule has 0 saturated carbocycles. The van der Waals surface area contributed by atoms with Crippen LogP contribution in [0.2, 0.25) is 0 Å². The first-order valence-corrected chi connectivity index (χ1v) is 8.53. The summed E-state index contributed by atoms with van der Waals surface area (Å²) in [7, 11) is 0. The largest absolute Gasteiger partial charge is 0.354 e. The molecule has 0 spiro atoms. The smallest absolute Gasteiger partial charge is 0.231 e. The molecule has 0 atom stereocenters. The number of fused-ring (bicyclic) bond motifs is 5. The third kappa shape index (κ3) is 2.36. The van der Waals surface area contributed by atoms with E-state index in [0.29, 0.717) is 0 Å². The highest BCUT2D eigenvalue weighted by atomic mass is 79.9. The van der Waals surface area contributed by atoms with Crippen molar-refractivity contribution in [3.05, 3.63) is 52.5 Å². The Morgan fingerprint density at radius 2 is 2.04 bits per heavy atom. The summed E-state index contributed by atoms with van der Waals surface area (Å²) in [4.78, 5) is 29.5. The van der Waals surface area contributed by atoms with Crippen LogP contribution in [0.3, 0.4) is 0 Å². The van der Waals surface area contributed by atoms with Crippen molar-refractivity contribution in [2.75, 3.05) is 11.4 Å². The van der Waals surface area contributed by atoms with Crippen LogP contribution >= 0.6 is 15.9 Å². The van der Waals surface area contributed by atoms with Gasteiger partial charge < -0.3 is 9.88 Å². The molecule has 0 saturated heterocycles. The van der Waals surface area contributed by atoms with E-state index in [1.165, 1.54) is 6.92 Å². The molecular formula is C19H15BrN2O2. The van der Waals surface area contributed by atoms with Gasteiger partial charge in [-0.2, -0.15) is 0 Å². The number of carbonyl (C=O) groups is 2. The van der Waals surface area contributed by atoms with Gasteiger partial charge in [0.25, 0.3) is 0 Å². The van der Waals surface area contributed by atoms with Gasteiger partial charge in [-0.05, 0) is 36.8 Å². The fourth-order valence-corrected chi connectivity index (χ4v) is 3.69. The second-order valence-electron chi connectivity index (χ2n) is 6.04.